The number of hydrogen-bond acceptors (Lipinski definition) is 6. The summed E-state index contributed by atoms with van der Waals surface area (Å²) in [4.78, 5) is 18.8. The van der Waals surface area contributed by atoms with Crippen LogP contribution in [0.25, 0.3) is 10.2 Å². The fraction of sp³-hybridized carbons (Fsp3) is 0.500. The summed E-state index contributed by atoms with van der Waals surface area (Å²) in [6.07, 6.45) is 2.53. The van der Waals surface area contributed by atoms with Crippen LogP contribution in [0.5, 0.6) is 0 Å². The summed E-state index contributed by atoms with van der Waals surface area (Å²) in [5.41, 5.74) is 5.90. The van der Waals surface area contributed by atoms with E-state index in [9.17, 15) is 0 Å². The molecular weight excluding hydrogens is 402 g/mol. The lowest BCUT2D eigenvalue weighted by atomic mass is 9.86. The van der Waals surface area contributed by atoms with Crippen molar-refractivity contribution < 1.29 is 0 Å². The van der Waals surface area contributed by atoms with E-state index in [1.54, 1.807) is 11.3 Å². The van der Waals surface area contributed by atoms with E-state index in [-0.39, 0.29) is 12.4 Å². The largest absolute Gasteiger partial charge is 0.356 e. The third-order valence-corrected chi connectivity index (χ3v) is 7.38. The third kappa shape index (κ3) is 3.86. The first kappa shape index (κ1) is 20.5. The Morgan fingerprint density at radius 3 is 2.72 bits per heavy atom. The molecule has 3 aromatic rings. The molecule has 2 aromatic heterocycles. The minimum Gasteiger partial charge on any atom is -0.356 e. The van der Waals surface area contributed by atoms with Gasteiger partial charge in [0.15, 0.2) is 0 Å². The standard InChI is InChI=1S/C22H27N5S.ClH/c1-15-10-21(25-17(3)24-15)27-9-7-22(13-27)6-8-26(12-22)16(2)18-4-5-20-19(11-18)23-14-28-20;/h4-5,10-11,14,16H,6-9,12-13H2,1-3H3;1H. The molecule has 154 valence electrons. The Labute approximate surface area is 182 Å². The Kier molecular flexibility index (Phi) is 5.53. The van der Waals surface area contributed by atoms with E-state index >= 15 is 0 Å². The number of halogens is 1. The maximum atomic E-state index is 4.69. The molecule has 0 bridgehead atoms. The number of hydrogen-bond donors (Lipinski definition) is 0. The molecule has 0 N–H and O–H groups in total. The number of aromatic nitrogens is 3. The van der Waals surface area contributed by atoms with Crippen LogP contribution < -0.4 is 4.90 Å². The van der Waals surface area contributed by atoms with Crippen molar-refractivity contribution in [2.45, 2.75) is 39.7 Å². The molecule has 0 saturated carbocycles. The van der Waals surface area contributed by atoms with Gasteiger partial charge in [0.05, 0.1) is 15.7 Å². The first-order valence-electron chi connectivity index (χ1n) is 10.2. The molecule has 2 fully saturated rings. The monoisotopic (exact) mass is 429 g/mol. The van der Waals surface area contributed by atoms with Crippen LogP contribution in [0.1, 0.15) is 42.9 Å². The van der Waals surface area contributed by atoms with Crippen molar-refractivity contribution in [2.24, 2.45) is 5.41 Å². The van der Waals surface area contributed by atoms with E-state index in [1.807, 2.05) is 12.4 Å². The fourth-order valence-corrected chi connectivity index (χ4v) is 5.63. The lowest BCUT2D eigenvalue weighted by Crippen LogP contribution is -2.32. The molecular formula is C22H28ClN5S. The summed E-state index contributed by atoms with van der Waals surface area (Å²) in [5.74, 6) is 1.97. The van der Waals surface area contributed by atoms with Crippen molar-refractivity contribution >= 4 is 39.8 Å². The highest BCUT2D eigenvalue weighted by atomic mass is 35.5. The van der Waals surface area contributed by atoms with Gasteiger partial charge in [-0.2, -0.15) is 0 Å². The summed E-state index contributed by atoms with van der Waals surface area (Å²) in [6, 6.07) is 9.34. The summed E-state index contributed by atoms with van der Waals surface area (Å²) in [6.45, 7) is 10.9. The van der Waals surface area contributed by atoms with E-state index in [0.717, 1.165) is 35.9 Å². The molecule has 4 heterocycles. The zero-order valence-corrected chi connectivity index (χ0v) is 18.9. The molecule has 7 heteroatoms. The Hall–Kier alpha value is -1.76. The first-order chi connectivity index (χ1) is 13.5. The van der Waals surface area contributed by atoms with Crippen LogP contribution in [-0.2, 0) is 0 Å². The van der Waals surface area contributed by atoms with E-state index in [1.165, 1.54) is 36.2 Å². The van der Waals surface area contributed by atoms with Crippen molar-refractivity contribution in [3.63, 3.8) is 0 Å². The summed E-state index contributed by atoms with van der Waals surface area (Å²) < 4.78 is 1.27. The SMILES string of the molecule is Cc1cc(N2CCC3(CCN(C(C)c4ccc5scnc5c4)C3)C2)nc(C)n1.Cl. The first-order valence-corrected chi connectivity index (χ1v) is 11.0. The zero-order valence-electron chi connectivity index (χ0n) is 17.3. The van der Waals surface area contributed by atoms with Crippen molar-refractivity contribution in [1.29, 1.82) is 0 Å². The predicted molar refractivity (Wildman–Crippen MR) is 122 cm³/mol. The second-order valence-electron chi connectivity index (χ2n) is 8.56. The highest BCUT2D eigenvalue weighted by molar-refractivity contribution is 7.16. The molecule has 2 unspecified atom stereocenters. The summed E-state index contributed by atoms with van der Waals surface area (Å²) >= 11 is 1.71. The van der Waals surface area contributed by atoms with Gasteiger partial charge in [-0.25, -0.2) is 15.0 Å². The molecule has 1 spiro atoms. The van der Waals surface area contributed by atoms with Crippen LogP contribution in [0.15, 0.2) is 29.8 Å². The van der Waals surface area contributed by atoms with Gasteiger partial charge >= 0.3 is 0 Å². The van der Waals surface area contributed by atoms with Crippen LogP contribution in [0, 0.1) is 19.3 Å². The fourth-order valence-electron chi connectivity index (χ4n) is 4.97. The van der Waals surface area contributed by atoms with Gasteiger partial charge in [-0.15, -0.1) is 23.7 Å². The number of aryl methyl sites for hydroxylation is 2. The number of nitrogens with zero attached hydrogens (tertiary/aromatic N) is 5. The maximum Gasteiger partial charge on any atom is 0.132 e. The molecule has 2 aliphatic rings. The van der Waals surface area contributed by atoms with Crippen LogP contribution in [0.4, 0.5) is 5.82 Å². The van der Waals surface area contributed by atoms with Gasteiger partial charge in [-0.05, 0) is 57.9 Å². The zero-order chi connectivity index (χ0) is 19.3. The molecule has 29 heavy (non-hydrogen) atoms. The highest BCUT2D eigenvalue weighted by Gasteiger charge is 2.44. The summed E-state index contributed by atoms with van der Waals surface area (Å²) in [5, 5.41) is 0. The van der Waals surface area contributed by atoms with Crippen LogP contribution in [0.2, 0.25) is 0 Å². The molecule has 2 aliphatic heterocycles. The second-order valence-corrected chi connectivity index (χ2v) is 9.45. The molecule has 0 amide bonds. The average molecular weight is 430 g/mol. The Bertz CT molecular complexity index is 1000. The highest BCUT2D eigenvalue weighted by Crippen LogP contribution is 2.43. The maximum absolute atomic E-state index is 4.69. The van der Waals surface area contributed by atoms with Crippen LogP contribution >= 0.6 is 23.7 Å². The van der Waals surface area contributed by atoms with Crippen LogP contribution in [0.3, 0.4) is 0 Å². The van der Waals surface area contributed by atoms with Crippen molar-refractivity contribution in [2.75, 3.05) is 31.1 Å². The number of thiazole rings is 1. The Balaban J connectivity index is 0.00000205. The van der Waals surface area contributed by atoms with Gasteiger partial charge < -0.3 is 4.90 Å². The van der Waals surface area contributed by atoms with Gasteiger partial charge in [0.2, 0.25) is 0 Å². The van der Waals surface area contributed by atoms with Crippen molar-refractivity contribution in [3.05, 3.63) is 46.9 Å². The molecule has 1 aromatic carbocycles. The lowest BCUT2D eigenvalue weighted by molar-refractivity contribution is 0.225. The number of fused-ring (bicyclic) bond motifs is 1. The van der Waals surface area contributed by atoms with Gasteiger partial charge in [-0.3, -0.25) is 4.90 Å². The Morgan fingerprint density at radius 1 is 1.07 bits per heavy atom. The molecule has 5 nitrogen and oxygen atoms in total. The lowest BCUT2D eigenvalue weighted by Gasteiger charge is -2.28. The minimum absolute atomic E-state index is 0. The molecule has 5 rings (SSSR count). The second kappa shape index (κ2) is 7.82. The van der Waals surface area contributed by atoms with E-state index in [4.69, 9.17) is 4.98 Å². The van der Waals surface area contributed by atoms with Crippen LogP contribution in [-0.4, -0.2) is 46.0 Å². The molecule has 0 radical (unpaired) electrons. The smallest absolute Gasteiger partial charge is 0.132 e. The van der Waals surface area contributed by atoms with Gasteiger partial charge in [0.1, 0.15) is 11.6 Å². The quantitative estimate of drug-likeness (QED) is 0.599. The number of rotatable bonds is 3. The molecule has 2 atom stereocenters. The minimum atomic E-state index is 0. The van der Waals surface area contributed by atoms with Crippen molar-refractivity contribution in [1.82, 2.24) is 19.9 Å². The molecule has 2 saturated heterocycles. The average Bonchev–Trinajstić information content (AvgIpc) is 3.40. The topological polar surface area (TPSA) is 45.2 Å². The predicted octanol–water partition coefficient (Wildman–Crippen LogP) is 4.79. The van der Waals surface area contributed by atoms with Crippen molar-refractivity contribution in [3.8, 4) is 0 Å². The number of anilines is 1. The van der Waals surface area contributed by atoms with E-state index < -0.39 is 0 Å². The van der Waals surface area contributed by atoms with Gasteiger partial charge in [0, 0.05) is 42.9 Å². The van der Waals surface area contributed by atoms with Gasteiger partial charge in [0.25, 0.3) is 0 Å². The Morgan fingerprint density at radius 2 is 1.90 bits per heavy atom. The number of benzene rings is 1. The van der Waals surface area contributed by atoms with E-state index in [0.29, 0.717) is 11.5 Å². The van der Waals surface area contributed by atoms with E-state index in [2.05, 4.69) is 57.9 Å². The third-order valence-electron chi connectivity index (χ3n) is 6.57. The summed E-state index contributed by atoms with van der Waals surface area (Å²) in [7, 11) is 0. The normalized spacial score (nSPS) is 23.1. The van der Waals surface area contributed by atoms with Gasteiger partial charge in [-0.1, -0.05) is 6.07 Å². The molecule has 0 aliphatic carbocycles. The number of likely N-dealkylation sites (tertiary alicyclic amines) is 1.